The Bertz CT molecular complexity index is 560. The van der Waals surface area contributed by atoms with Gasteiger partial charge in [0.25, 0.3) is 0 Å². The maximum atomic E-state index is 9.38. The number of methoxy groups -OCH3 is 1. The first-order valence-corrected chi connectivity index (χ1v) is 6.13. The molecule has 0 fully saturated rings. The van der Waals surface area contributed by atoms with Gasteiger partial charge in [-0.1, -0.05) is 42.5 Å². The number of hydrogen-bond donors (Lipinski definition) is 1. The normalized spacial score (nSPS) is 11.6. The zero-order chi connectivity index (χ0) is 13.5. The molecule has 96 valence electrons. The van der Waals surface area contributed by atoms with E-state index in [9.17, 15) is 5.26 Å². The van der Waals surface area contributed by atoms with Crippen LogP contribution in [0.25, 0.3) is 0 Å². The second-order valence-corrected chi connectivity index (χ2v) is 4.20. The number of para-hydroxylation sites is 1. The summed E-state index contributed by atoms with van der Waals surface area (Å²) in [6.07, 6.45) is 0. The van der Waals surface area contributed by atoms with Crippen LogP contribution < -0.4 is 5.32 Å². The van der Waals surface area contributed by atoms with E-state index in [0.717, 1.165) is 16.8 Å². The molecular formula is C16H16N2O. The molecule has 0 saturated carbocycles. The van der Waals surface area contributed by atoms with Crippen LogP contribution >= 0.6 is 0 Å². The standard InChI is InChI=1S/C16H16N2O/c1-19-12-13-7-5-6-10-15(13)16(11-17)18-14-8-3-2-4-9-14/h2-10,16,18H,12H2,1H3. The van der Waals surface area contributed by atoms with Gasteiger partial charge in [-0.3, -0.25) is 0 Å². The van der Waals surface area contributed by atoms with E-state index in [4.69, 9.17) is 4.74 Å². The Morgan fingerprint density at radius 2 is 1.79 bits per heavy atom. The van der Waals surface area contributed by atoms with E-state index in [1.165, 1.54) is 0 Å². The first kappa shape index (κ1) is 13.1. The van der Waals surface area contributed by atoms with E-state index >= 15 is 0 Å². The molecule has 1 unspecified atom stereocenters. The summed E-state index contributed by atoms with van der Waals surface area (Å²) in [7, 11) is 1.66. The van der Waals surface area contributed by atoms with Crippen molar-refractivity contribution in [2.75, 3.05) is 12.4 Å². The lowest BCUT2D eigenvalue weighted by atomic mass is 10.0. The van der Waals surface area contributed by atoms with Gasteiger partial charge >= 0.3 is 0 Å². The number of hydrogen-bond acceptors (Lipinski definition) is 3. The highest BCUT2D eigenvalue weighted by Crippen LogP contribution is 2.22. The number of rotatable bonds is 5. The Balaban J connectivity index is 2.25. The van der Waals surface area contributed by atoms with E-state index in [-0.39, 0.29) is 6.04 Å². The minimum atomic E-state index is -0.381. The third kappa shape index (κ3) is 3.34. The Kier molecular flexibility index (Phi) is 4.54. The molecule has 0 heterocycles. The maximum absolute atomic E-state index is 9.38. The van der Waals surface area contributed by atoms with Crippen LogP contribution in [-0.4, -0.2) is 7.11 Å². The van der Waals surface area contributed by atoms with Crippen molar-refractivity contribution in [1.29, 1.82) is 5.26 Å². The Labute approximate surface area is 113 Å². The summed E-state index contributed by atoms with van der Waals surface area (Å²) in [5, 5.41) is 12.6. The smallest absolute Gasteiger partial charge is 0.140 e. The van der Waals surface area contributed by atoms with Crippen molar-refractivity contribution in [3.8, 4) is 6.07 Å². The average Bonchev–Trinajstić information content (AvgIpc) is 2.47. The fourth-order valence-electron chi connectivity index (χ4n) is 1.98. The first-order valence-electron chi connectivity index (χ1n) is 6.13. The second-order valence-electron chi connectivity index (χ2n) is 4.20. The lowest BCUT2D eigenvalue weighted by Crippen LogP contribution is -2.11. The lowest BCUT2D eigenvalue weighted by Gasteiger charge is -2.16. The van der Waals surface area contributed by atoms with Crippen molar-refractivity contribution in [2.24, 2.45) is 0 Å². The minimum absolute atomic E-state index is 0.381. The third-order valence-corrected chi connectivity index (χ3v) is 2.88. The molecule has 2 aromatic rings. The molecule has 0 aromatic heterocycles. The molecule has 0 amide bonds. The molecule has 0 radical (unpaired) electrons. The molecule has 0 saturated heterocycles. The van der Waals surface area contributed by atoms with Crippen LogP contribution in [0.2, 0.25) is 0 Å². The Morgan fingerprint density at radius 1 is 1.11 bits per heavy atom. The molecule has 1 atom stereocenters. The highest BCUT2D eigenvalue weighted by atomic mass is 16.5. The van der Waals surface area contributed by atoms with Crippen molar-refractivity contribution in [1.82, 2.24) is 0 Å². The summed E-state index contributed by atoms with van der Waals surface area (Å²) in [6.45, 7) is 0.505. The van der Waals surface area contributed by atoms with Gasteiger partial charge < -0.3 is 10.1 Å². The second kappa shape index (κ2) is 6.58. The summed E-state index contributed by atoms with van der Waals surface area (Å²) in [6, 6.07) is 19.5. The molecule has 1 N–H and O–H groups in total. The van der Waals surface area contributed by atoms with Crippen molar-refractivity contribution >= 4 is 5.69 Å². The zero-order valence-corrected chi connectivity index (χ0v) is 10.8. The lowest BCUT2D eigenvalue weighted by molar-refractivity contribution is 0.184. The van der Waals surface area contributed by atoms with Crippen LogP contribution in [0.3, 0.4) is 0 Å². The molecule has 0 aliphatic carbocycles. The summed E-state index contributed by atoms with van der Waals surface area (Å²) in [5.74, 6) is 0. The fraction of sp³-hybridized carbons (Fsp3) is 0.188. The van der Waals surface area contributed by atoms with Crippen LogP contribution in [0.4, 0.5) is 5.69 Å². The SMILES string of the molecule is COCc1ccccc1C(C#N)Nc1ccccc1. The topological polar surface area (TPSA) is 45.0 Å². The molecule has 0 aliphatic rings. The summed E-state index contributed by atoms with van der Waals surface area (Å²) in [5.41, 5.74) is 2.91. The highest BCUT2D eigenvalue weighted by Gasteiger charge is 2.13. The first-order chi connectivity index (χ1) is 9.35. The largest absolute Gasteiger partial charge is 0.380 e. The van der Waals surface area contributed by atoms with E-state index in [0.29, 0.717) is 6.61 Å². The van der Waals surface area contributed by atoms with Crippen molar-refractivity contribution in [3.05, 3.63) is 65.7 Å². The number of nitrogens with zero attached hydrogens (tertiary/aromatic N) is 1. The molecule has 3 nitrogen and oxygen atoms in total. The van der Waals surface area contributed by atoms with Crippen LogP contribution in [-0.2, 0) is 11.3 Å². The third-order valence-electron chi connectivity index (χ3n) is 2.88. The highest BCUT2D eigenvalue weighted by molar-refractivity contribution is 5.48. The van der Waals surface area contributed by atoms with Crippen molar-refractivity contribution in [2.45, 2.75) is 12.6 Å². The van der Waals surface area contributed by atoms with Gasteiger partial charge in [0.15, 0.2) is 0 Å². The Hall–Kier alpha value is -2.31. The molecule has 2 rings (SSSR count). The summed E-state index contributed by atoms with van der Waals surface area (Å²) >= 11 is 0. The summed E-state index contributed by atoms with van der Waals surface area (Å²) < 4.78 is 5.18. The van der Waals surface area contributed by atoms with E-state index in [1.54, 1.807) is 7.11 Å². The van der Waals surface area contributed by atoms with E-state index in [1.807, 2.05) is 54.6 Å². The Morgan fingerprint density at radius 3 is 2.47 bits per heavy atom. The van der Waals surface area contributed by atoms with Gasteiger partial charge in [0.2, 0.25) is 0 Å². The van der Waals surface area contributed by atoms with Crippen LogP contribution in [0, 0.1) is 11.3 Å². The van der Waals surface area contributed by atoms with Crippen molar-refractivity contribution < 1.29 is 4.74 Å². The molecule has 0 spiro atoms. The average molecular weight is 252 g/mol. The predicted octanol–water partition coefficient (Wildman–Crippen LogP) is 3.51. The molecule has 19 heavy (non-hydrogen) atoms. The number of nitrogens with one attached hydrogen (secondary N) is 1. The summed E-state index contributed by atoms with van der Waals surface area (Å²) in [4.78, 5) is 0. The molecule has 0 aliphatic heterocycles. The van der Waals surface area contributed by atoms with E-state index < -0.39 is 0 Å². The van der Waals surface area contributed by atoms with Gasteiger partial charge in [-0.15, -0.1) is 0 Å². The van der Waals surface area contributed by atoms with Crippen LogP contribution in [0.1, 0.15) is 17.2 Å². The number of ether oxygens (including phenoxy) is 1. The van der Waals surface area contributed by atoms with Gasteiger partial charge in [-0.25, -0.2) is 0 Å². The van der Waals surface area contributed by atoms with Gasteiger partial charge in [0.05, 0.1) is 12.7 Å². The molecule has 3 heteroatoms. The number of nitriles is 1. The molecule has 0 bridgehead atoms. The van der Waals surface area contributed by atoms with Crippen LogP contribution in [0.5, 0.6) is 0 Å². The molecular weight excluding hydrogens is 236 g/mol. The van der Waals surface area contributed by atoms with Crippen LogP contribution in [0.15, 0.2) is 54.6 Å². The quantitative estimate of drug-likeness (QED) is 0.885. The van der Waals surface area contributed by atoms with Gasteiger partial charge in [-0.05, 0) is 23.3 Å². The van der Waals surface area contributed by atoms with Gasteiger partial charge in [0.1, 0.15) is 6.04 Å². The fourth-order valence-corrected chi connectivity index (χ4v) is 1.98. The minimum Gasteiger partial charge on any atom is -0.380 e. The maximum Gasteiger partial charge on any atom is 0.140 e. The number of benzene rings is 2. The van der Waals surface area contributed by atoms with Gasteiger partial charge in [-0.2, -0.15) is 5.26 Å². The predicted molar refractivity (Wildman–Crippen MR) is 75.6 cm³/mol. The molecule has 2 aromatic carbocycles. The van der Waals surface area contributed by atoms with E-state index in [2.05, 4.69) is 11.4 Å². The van der Waals surface area contributed by atoms with Crippen molar-refractivity contribution in [3.63, 3.8) is 0 Å². The van der Waals surface area contributed by atoms with Gasteiger partial charge in [0, 0.05) is 12.8 Å². The number of anilines is 1. The monoisotopic (exact) mass is 252 g/mol. The zero-order valence-electron chi connectivity index (χ0n) is 10.8.